The Morgan fingerprint density at radius 2 is 2.00 bits per heavy atom. The summed E-state index contributed by atoms with van der Waals surface area (Å²) in [5.74, 6) is 0.911. The molecule has 0 amide bonds. The summed E-state index contributed by atoms with van der Waals surface area (Å²) in [6.07, 6.45) is 4.12. The van der Waals surface area contributed by atoms with Crippen LogP contribution in [0.15, 0.2) is 18.2 Å². The number of anilines is 3. The molecule has 1 saturated heterocycles. The third kappa shape index (κ3) is 1.34. The van der Waals surface area contributed by atoms with E-state index in [1.165, 1.54) is 31.5 Å². The van der Waals surface area contributed by atoms with Gasteiger partial charge in [0.1, 0.15) is 0 Å². The molecule has 2 atom stereocenters. The van der Waals surface area contributed by atoms with Gasteiger partial charge in [0, 0.05) is 18.3 Å². The minimum absolute atomic E-state index is 0.683. The van der Waals surface area contributed by atoms with Crippen molar-refractivity contribution in [1.82, 2.24) is 0 Å². The fourth-order valence-corrected chi connectivity index (χ4v) is 2.98. The fourth-order valence-electron chi connectivity index (χ4n) is 2.98. The minimum Gasteiger partial charge on any atom is -0.397 e. The fraction of sp³-hybridized carbons (Fsp3) is 0.500. The molecule has 2 unspecified atom stereocenters. The van der Waals surface area contributed by atoms with Crippen LogP contribution in [0.5, 0.6) is 0 Å². The maximum Gasteiger partial charge on any atom is 0.0568 e. The molecule has 4 N–H and O–H groups in total. The van der Waals surface area contributed by atoms with Gasteiger partial charge >= 0.3 is 0 Å². The predicted octanol–water partition coefficient (Wildman–Crippen LogP) is 1.84. The van der Waals surface area contributed by atoms with E-state index < -0.39 is 0 Å². The third-order valence-corrected chi connectivity index (χ3v) is 3.81. The van der Waals surface area contributed by atoms with E-state index in [2.05, 4.69) is 11.0 Å². The molecule has 1 aromatic rings. The van der Waals surface area contributed by atoms with Crippen molar-refractivity contribution in [2.45, 2.75) is 25.3 Å². The average Bonchev–Trinajstić information content (AvgIpc) is 2.83. The zero-order chi connectivity index (χ0) is 10.4. The lowest BCUT2D eigenvalue weighted by atomic mass is 10.1. The van der Waals surface area contributed by atoms with Crippen molar-refractivity contribution >= 4 is 17.1 Å². The molecule has 1 saturated carbocycles. The van der Waals surface area contributed by atoms with Gasteiger partial charge in [0.15, 0.2) is 0 Å². The van der Waals surface area contributed by atoms with Crippen LogP contribution < -0.4 is 16.4 Å². The molecular formula is C12H17N3. The molecule has 15 heavy (non-hydrogen) atoms. The number of hydrogen-bond acceptors (Lipinski definition) is 3. The highest BCUT2D eigenvalue weighted by molar-refractivity contribution is 5.70. The van der Waals surface area contributed by atoms with E-state index in [0.717, 1.165) is 12.0 Å². The Labute approximate surface area is 90.0 Å². The zero-order valence-electron chi connectivity index (χ0n) is 8.82. The van der Waals surface area contributed by atoms with Crippen LogP contribution in [0.3, 0.4) is 0 Å². The van der Waals surface area contributed by atoms with Crippen molar-refractivity contribution in [1.29, 1.82) is 0 Å². The molecule has 3 heteroatoms. The molecule has 2 fully saturated rings. The monoisotopic (exact) mass is 203 g/mol. The van der Waals surface area contributed by atoms with Gasteiger partial charge in [-0.3, -0.25) is 0 Å². The summed E-state index contributed by atoms with van der Waals surface area (Å²) >= 11 is 0. The molecule has 2 aliphatic rings. The van der Waals surface area contributed by atoms with E-state index in [4.69, 9.17) is 11.5 Å². The summed E-state index contributed by atoms with van der Waals surface area (Å²) in [4.78, 5) is 2.49. The van der Waals surface area contributed by atoms with E-state index in [0.29, 0.717) is 11.4 Å². The molecule has 1 aliphatic carbocycles. The van der Waals surface area contributed by atoms with E-state index in [9.17, 15) is 0 Å². The number of rotatable bonds is 1. The van der Waals surface area contributed by atoms with Crippen molar-refractivity contribution in [3.05, 3.63) is 18.2 Å². The molecule has 1 heterocycles. The molecule has 0 aromatic heterocycles. The number of benzene rings is 1. The number of fused-ring (bicyclic) bond motifs is 2. The van der Waals surface area contributed by atoms with Crippen LogP contribution in [0.1, 0.15) is 19.3 Å². The normalized spacial score (nSPS) is 28.7. The van der Waals surface area contributed by atoms with E-state index in [1.54, 1.807) is 0 Å². The first kappa shape index (κ1) is 8.89. The lowest BCUT2D eigenvalue weighted by molar-refractivity contribution is 0.554. The topological polar surface area (TPSA) is 55.3 Å². The maximum absolute atomic E-state index is 5.83. The standard InChI is InChI=1S/C12H17N3/c13-11-4-3-10(6-12(11)14)15-7-8-1-2-9(15)5-8/h3-4,6,8-9H,1-2,5,7,13-14H2. The molecule has 0 radical (unpaired) electrons. The lowest BCUT2D eigenvalue weighted by Gasteiger charge is -2.29. The lowest BCUT2D eigenvalue weighted by Crippen LogP contribution is -2.31. The number of nitrogens with two attached hydrogens (primary N) is 2. The first-order valence-corrected chi connectivity index (χ1v) is 5.65. The van der Waals surface area contributed by atoms with Gasteiger partial charge < -0.3 is 16.4 Å². The number of nitrogen functional groups attached to an aromatic ring is 2. The second-order valence-electron chi connectivity index (χ2n) is 4.80. The minimum atomic E-state index is 0.683. The SMILES string of the molecule is Nc1ccc(N2CC3CCC2C3)cc1N. The molecule has 0 spiro atoms. The van der Waals surface area contributed by atoms with Crippen LogP contribution in [0, 0.1) is 5.92 Å². The number of piperidine rings is 1. The first-order valence-electron chi connectivity index (χ1n) is 5.65. The summed E-state index contributed by atoms with van der Waals surface area (Å²) in [6.45, 7) is 1.20. The third-order valence-electron chi connectivity index (χ3n) is 3.81. The van der Waals surface area contributed by atoms with Gasteiger partial charge in [-0.15, -0.1) is 0 Å². The Morgan fingerprint density at radius 1 is 1.13 bits per heavy atom. The number of nitrogens with zero attached hydrogens (tertiary/aromatic N) is 1. The Kier molecular flexibility index (Phi) is 1.81. The maximum atomic E-state index is 5.83. The summed E-state index contributed by atoms with van der Waals surface area (Å²) in [5, 5.41) is 0. The highest BCUT2D eigenvalue weighted by Gasteiger charge is 2.37. The predicted molar refractivity (Wildman–Crippen MR) is 63.7 cm³/mol. The van der Waals surface area contributed by atoms with Crippen LogP contribution in [-0.2, 0) is 0 Å². The largest absolute Gasteiger partial charge is 0.397 e. The Bertz CT molecular complexity index is 388. The second kappa shape index (κ2) is 3.05. The Balaban J connectivity index is 1.90. The molecule has 3 rings (SSSR count). The van der Waals surface area contributed by atoms with Crippen LogP contribution in [0.25, 0.3) is 0 Å². The van der Waals surface area contributed by atoms with Crippen molar-refractivity contribution in [3.63, 3.8) is 0 Å². The van der Waals surface area contributed by atoms with Gasteiger partial charge in [-0.2, -0.15) is 0 Å². The Hall–Kier alpha value is -1.38. The summed E-state index contributed by atoms with van der Waals surface area (Å²) in [7, 11) is 0. The average molecular weight is 203 g/mol. The van der Waals surface area contributed by atoms with Crippen molar-refractivity contribution in [3.8, 4) is 0 Å². The van der Waals surface area contributed by atoms with Crippen LogP contribution in [0.4, 0.5) is 17.1 Å². The van der Waals surface area contributed by atoms with E-state index in [1.807, 2.05) is 12.1 Å². The molecular weight excluding hydrogens is 186 g/mol. The van der Waals surface area contributed by atoms with Crippen LogP contribution in [-0.4, -0.2) is 12.6 Å². The molecule has 80 valence electrons. The summed E-state index contributed by atoms with van der Waals surface area (Å²) in [5.41, 5.74) is 14.2. The zero-order valence-corrected chi connectivity index (χ0v) is 8.82. The first-order chi connectivity index (χ1) is 7.24. The molecule has 3 nitrogen and oxygen atoms in total. The van der Waals surface area contributed by atoms with Gasteiger partial charge in [0.05, 0.1) is 11.4 Å². The van der Waals surface area contributed by atoms with Gasteiger partial charge in [0.2, 0.25) is 0 Å². The summed E-state index contributed by atoms with van der Waals surface area (Å²) < 4.78 is 0. The van der Waals surface area contributed by atoms with Gasteiger partial charge in [-0.1, -0.05) is 0 Å². The highest BCUT2D eigenvalue weighted by atomic mass is 15.2. The Morgan fingerprint density at radius 3 is 2.60 bits per heavy atom. The molecule has 1 aromatic carbocycles. The van der Waals surface area contributed by atoms with Gasteiger partial charge in [0.25, 0.3) is 0 Å². The summed E-state index contributed by atoms with van der Waals surface area (Å²) in [6, 6.07) is 6.76. The molecule has 2 bridgehead atoms. The van der Waals surface area contributed by atoms with E-state index >= 15 is 0 Å². The molecule has 1 aliphatic heterocycles. The van der Waals surface area contributed by atoms with Crippen molar-refractivity contribution in [2.75, 3.05) is 22.9 Å². The highest BCUT2D eigenvalue weighted by Crippen LogP contribution is 2.40. The quantitative estimate of drug-likeness (QED) is 0.685. The van der Waals surface area contributed by atoms with Crippen molar-refractivity contribution < 1.29 is 0 Å². The van der Waals surface area contributed by atoms with Crippen LogP contribution >= 0.6 is 0 Å². The van der Waals surface area contributed by atoms with Crippen molar-refractivity contribution in [2.24, 2.45) is 5.92 Å². The number of hydrogen-bond donors (Lipinski definition) is 2. The second-order valence-corrected chi connectivity index (χ2v) is 4.80. The van der Waals surface area contributed by atoms with Gasteiger partial charge in [-0.05, 0) is 43.4 Å². The van der Waals surface area contributed by atoms with Gasteiger partial charge in [-0.25, -0.2) is 0 Å². The van der Waals surface area contributed by atoms with Crippen LogP contribution in [0.2, 0.25) is 0 Å². The van der Waals surface area contributed by atoms with E-state index in [-0.39, 0.29) is 0 Å². The smallest absolute Gasteiger partial charge is 0.0568 e.